The molecule has 1 aromatic heterocycles. The number of rotatable bonds is 9. The molecule has 176 valence electrons. The first kappa shape index (κ1) is 26.2. The zero-order chi connectivity index (χ0) is 22.1. The standard InChI is InChI=1S/C23H32N4O3S.HI/c1-24-23(26-11-8-19-6-5-13-31-19)25-10-4-7-22(28)27-12-9-17-14-20(29-2)21(30-3)15-18(17)16-27;/h5-6,13-15H,4,7-12,16H2,1-3H3,(H2,24,25,26);1H. The van der Waals surface area contributed by atoms with Gasteiger partial charge >= 0.3 is 0 Å². The molecule has 0 fully saturated rings. The number of halogens is 1. The van der Waals surface area contributed by atoms with Crippen molar-refractivity contribution in [3.63, 3.8) is 0 Å². The topological polar surface area (TPSA) is 75.2 Å². The number of nitrogens with zero attached hydrogens (tertiary/aromatic N) is 2. The molecule has 9 heteroatoms. The highest BCUT2D eigenvalue weighted by Crippen LogP contribution is 2.33. The van der Waals surface area contributed by atoms with Crippen LogP contribution in [0.1, 0.15) is 28.8 Å². The average molecular weight is 573 g/mol. The lowest BCUT2D eigenvalue weighted by Crippen LogP contribution is -2.39. The molecule has 2 heterocycles. The van der Waals surface area contributed by atoms with Crippen LogP contribution in [-0.4, -0.2) is 57.7 Å². The minimum atomic E-state index is 0. The molecule has 1 aliphatic rings. The van der Waals surface area contributed by atoms with Crippen LogP contribution in [0.4, 0.5) is 0 Å². The maximum Gasteiger partial charge on any atom is 0.222 e. The van der Waals surface area contributed by atoms with E-state index in [2.05, 4.69) is 33.1 Å². The minimum Gasteiger partial charge on any atom is -0.493 e. The van der Waals surface area contributed by atoms with Crippen LogP contribution in [0.5, 0.6) is 11.5 Å². The van der Waals surface area contributed by atoms with Gasteiger partial charge in [0.25, 0.3) is 0 Å². The van der Waals surface area contributed by atoms with Crippen LogP contribution in [0.2, 0.25) is 0 Å². The Morgan fingerprint density at radius 2 is 1.88 bits per heavy atom. The molecule has 0 saturated heterocycles. The molecule has 0 aliphatic carbocycles. The highest BCUT2D eigenvalue weighted by molar-refractivity contribution is 14.0. The van der Waals surface area contributed by atoms with Crippen LogP contribution in [-0.2, 0) is 24.2 Å². The Morgan fingerprint density at radius 1 is 1.16 bits per heavy atom. The summed E-state index contributed by atoms with van der Waals surface area (Å²) in [5, 5.41) is 8.70. The fraction of sp³-hybridized carbons (Fsp3) is 0.478. The fourth-order valence-electron chi connectivity index (χ4n) is 3.68. The maximum atomic E-state index is 12.7. The van der Waals surface area contributed by atoms with Crippen molar-refractivity contribution >= 4 is 47.2 Å². The van der Waals surface area contributed by atoms with E-state index in [9.17, 15) is 4.79 Å². The number of hydrogen-bond donors (Lipinski definition) is 2. The van der Waals surface area contributed by atoms with Crippen molar-refractivity contribution in [2.75, 3.05) is 40.9 Å². The predicted octanol–water partition coefficient (Wildman–Crippen LogP) is 3.46. The predicted molar refractivity (Wildman–Crippen MR) is 141 cm³/mol. The van der Waals surface area contributed by atoms with Gasteiger partial charge in [-0.3, -0.25) is 9.79 Å². The quantitative estimate of drug-likeness (QED) is 0.209. The van der Waals surface area contributed by atoms with Gasteiger partial charge < -0.3 is 25.0 Å². The van der Waals surface area contributed by atoms with Crippen molar-refractivity contribution in [2.45, 2.75) is 32.2 Å². The Labute approximate surface area is 211 Å². The Hall–Kier alpha value is -2.01. The molecule has 0 spiro atoms. The molecule has 2 aromatic rings. The molecule has 0 radical (unpaired) electrons. The lowest BCUT2D eigenvalue weighted by atomic mass is 9.98. The van der Waals surface area contributed by atoms with E-state index in [1.165, 1.54) is 10.4 Å². The molecule has 32 heavy (non-hydrogen) atoms. The van der Waals surface area contributed by atoms with Crippen LogP contribution in [0.3, 0.4) is 0 Å². The first-order valence-electron chi connectivity index (χ1n) is 10.6. The second-order valence-electron chi connectivity index (χ2n) is 7.40. The van der Waals surface area contributed by atoms with E-state index in [4.69, 9.17) is 9.47 Å². The van der Waals surface area contributed by atoms with Crippen LogP contribution in [0.15, 0.2) is 34.6 Å². The fourth-order valence-corrected chi connectivity index (χ4v) is 4.39. The van der Waals surface area contributed by atoms with E-state index < -0.39 is 0 Å². The van der Waals surface area contributed by atoms with Gasteiger partial charge in [0.05, 0.1) is 14.2 Å². The van der Waals surface area contributed by atoms with Crippen molar-refractivity contribution < 1.29 is 14.3 Å². The summed E-state index contributed by atoms with van der Waals surface area (Å²) in [7, 11) is 5.04. The molecule has 1 amide bonds. The molecular weight excluding hydrogens is 539 g/mol. The summed E-state index contributed by atoms with van der Waals surface area (Å²) in [6.07, 6.45) is 3.09. The maximum absolute atomic E-state index is 12.7. The molecule has 0 bridgehead atoms. The third-order valence-electron chi connectivity index (χ3n) is 5.40. The van der Waals surface area contributed by atoms with Gasteiger partial charge in [0.1, 0.15) is 0 Å². The Morgan fingerprint density at radius 3 is 2.53 bits per heavy atom. The molecule has 0 atom stereocenters. The summed E-state index contributed by atoms with van der Waals surface area (Å²) in [6, 6.07) is 8.22. The number of carbonyl (C=O) groups is 1. The SMILES string of the molecule is CN=C(NCCCC(=O)N1CCc2cc(OC)c(OC)cc2C1)NCCc1cccs1.I. The number of methoxy groups -OCH3 is 2. The second-order valence-corrected chi connectivity index (χ2v) is 8.43. The summed E-state index contributed by atoms with van der Waals surface area (Å²) in [5.41, 5.74) is 2.35. The Bertz CT molecular complexity index is 890. The summed E-state index contributed by atoms with van der Waals surface area (Å²) < 4.78 is 10.8. The Balaban J connectivity index is 0.00000363. The molecule has 7 nitrogen and oxygen atoms in total. The van der Waals surface area contributed by atoms with E-state index >= 15 is 0 Å². The van der Waals surface area contributed by atoms with Gasteiger partial charge in [-0.2, -0.15) is 0 Å². The first-order chi connectivity index (χ1) is 15.1. The smallest absolute Gasteiger partial charge is 0.222 e. The minimum absolute atomic E-state index is 0. The van der Waals surface area contributed by atoms with Crippen LogP contribution < -0.4 is 20.1 Å². The van der Waals surface area contributed by atoms with E-state index in [0.717, 1.165) is 49.6 Å². The van der Waals surface area contributed by atoms with Gasteiger partial charge in [-0.25, -0.2) is 0 Å². The van der Waals surface area contributed by atoms with E-state index in [1.807, 2.05) is 17.0 Å². The first-order valence-corrected chi connectivity index (χ1v) is 11.5. The highest BCUT2D eigenvalue weighted by Gasteiger charge is 2.22. The zero-order valence-corrected chi connectivity index (χ0v) is 22.1. The molecular formula is C23H33IN4O3S. The van der Waals surface area contributed by atoms with Gasteiger partial charge in [0.2, 0.25) is 5.91 Å². The molecule has 1 aliphatic heterocycles. The average Bonchev–Trinajstić information content (AvgIpc) is 3.32. The number of amides is 1. The van der Waals surface area contributed by atoms with Crippen LogP contribution in [0.25, 0.3) is 0 Å². The second kappa shape index (κ2) is 13.5. The number of hydrogen-bond acceptors (Lipinski definition) is 5. The number of ether oxygens (including phenoxy) is 2. The van der Waals surface area contributed by atoms with E-state index in [0.29, 0.717) is 25.3 Å². The van der Waals surface area contributed by atoms with Crippen molar-refractivity contribution in [1.29, 1.82) is 0 Å². The van der Waals surface area contributed by atoms with Crippen molar-refractivity contribution in [1.82, 2.24) is 15.5 Å². The molecule has 3 rings (SSSR count). The number of benzene rings is 1. The lowest BCUT2D eigenvalue weighted by molar-refractivity contribution is -0.132. The van der Waals surface area contributed by atoms with Gasteiger partial charge in [0.15, 0.2) is 17.5 Å². The largest absolute Gasteiger partial charge is 0.493 e. The van der Waals surface area contributed by atoms with Crippen molar-refractivity contribution in [2.24, 2.45) is 4.99 Å². The molecule has 1 aromatic carbocycles. The van der Waals surface area contributed by atoms with Gasteiger partial charge in [-0.15, -0.1) is 35.3 Å². The number of aliphatic imine (C=N–C) groups is 1. The molecule has 0 unspecified atom stereocenters. The number of fused-ring (bicyclic) bond motifs is 1. The van der Waals surface area contributed by atoms with Crippen LogP contribution in [0, 0.1) is 0 Å². The monoisotopic (exact) mass is 572 g/mol. The number of nitrogens with one attached hydrogen (secondary N) is 2. The molecule has 2 N–H and O–H groups in total. The van der Waals surface area contributed by atoms with Crippen LogP contribution >= 0.6 is 35.3 Å². The Kier molecular flexibility index (Phi) is 11.1. The van der Waals surface area contributed by atoms with Gasteiger partial charge in [-0.1, -0.05) is 6.07 Å². The number of thiophene rings is 1. The number of guanidine groups is 1. The third-order valence-corrected chi connectivity index (χ3v) is 6.33. The summed E-state index contributed by atoms with van der Waals surface area (Å²) in [5.74, 6) is 2.40. The zero-order valence-electron chi connectivity index (χ0n) is 19.0. The van der Waals surface area contributed by atoms with Crippen molar-refractivity contribution in [3.05, 3.63) is 45.6 Å². The summed E-state index contributed by atoms with van der Waals surface area (Å²) in [6.45, 7) is 2.90. The van der Waals surface area contributed by atoms with Crippen molar-refractivity contribution in [3.8, 4) is 11.5 Å². The van der Waals surface area contributed by atoms with E-state index in [-0.39, 0.29) is 29.9 Å². The third kappa shape index (κ3) is 7.26. The lowest BCUT2D eigenvalue weighted by Gasteiger charge is -2.29. The number of carbonyl (C=O) groups excluding carboxylic acids is 1. The summed E-state index contributed by atoms with van der Waals surface area (Å²) >= 11 is 1.76. The normalized spacial score (nSPS) is 13.1. The van der Waals surface area contributed by atoms with E-state index in [1.54, 1.807) is 32.6 Å². The highest BCUT2D eigenvalue weighted by atomic mass is 127. The summed E-state index contributed by atoms with van der Waals surface area (Å²) in [4.78, 5) is 20.2. The van der Waals surface area contributed by atoms with Gasteiger partial charge in [0, 0.05) is 44.5 Å². The molecule has 0 saturated carbocycles. The van der Waals surface area contributed by atoms with Gasteiger partial charge in [-0.05, 0) is 54.0 Å².